The van der Waals surface area contributed by atoms with Crippen LogP contribution >= 0.6 is 0 Å². The van der Waals surface area contributed by atoms with Crippen molar-refractivity contribution in [3.8, 4) is 16.9 Å². The molecule has 28 heavy (non-hydrogen) atoms. The van der Waals surface area contributed by atoms with Crippen LogP contribution in [0, 0.1) is 5.82 Å². The molecule has 7 nitrogen and oxygen atoms in total. The lowest BCUT2D eigenvalue weighted by Crippen LogP contribution is -2.24. The van der Waals surface area contributed by atoms with Gasteiger partial charge in [0.1, 0.15) is 11.5 Å². The van der Waals surface area contributed by atoms with Gasteiger partial charge in [-0.1, -0.05) is 5.21 Å². The second-order valence-corrected chi connectivity index (χ2v) is 5.95. The molecule has 0 radical (unpaired) electrons. The summed E-state index contributed by atoms with van der Waals surface area (Å²) in [6.07, 6.45) is 6.56. The Morgan fingerprint density at radius 2 is 1.57 bits per heavy atom. The highest BCUT2D eigenvalue weighted by Crippen LogP contribution is 2.25. The topological polar surface area (TPSA) is 85.6 Å². The van der Waals surface area contributed by atoms with E-state index in [2.05, 4.69) is 25.6 Å². The van der Waals surface area contributed by atoms with Gasteiger partial charge >= 0.3 is 0 Å². The molecule has 0 fully saturated rings. The fourth-order valence-corrected chi connectivity index (χ4v) is 2.73. The number of hydrogen-bond acceptors (Lipinski definition) is 5. The van der Waals surface area contributed by atoms with E-state index in [1.54, 1.807) is 49.1 Å². The first kappa shape index (κ1) is 17.5. The average Bonchev–Trinajstić information content (AvgIpc) is 3.19. The predicted molar refractivity (Wildman–Crippen MR) is 100.0 cm³/mol. The van der Waals surface area contributed by atoms with Gasteiger partial charge in [-0.05, 0) is 54.1 Å². The maximum Gasteiger partial charge on any atom is 0.274 e. The minimum Gasteiger partial charge on any atom is -0.346 e. The fourth-order valence-electron chi connectivity index (χ4n) is 2.73. The van der Waals surface area contributed by atoms with E-state index in [-0.39, 0.29) is 17.4 Å². The number of nitrogens with one attached hydrogen (secondary N) is 1. The van der Waals surface area contributed by atoms with Crippen LogP contribution in [0.15, 0.2) is 73.3 Å². The Morgan fingerprint density at radius 3 is 2.25 bits per heavy atom. The molecule has 1 N–H and O–H groups in total. The molecule has 0 saturated carbocycles. The van der Waals surface area contributed by atoms with Crippen LogP contribution < -0.4 is 5.32 Å². The molecule has 0 saturated heterocycles. The SMILES string of the molecule is O=C(NCc1ccncc1)c1nnn(-c2ccc(F)cc2)c1-c1ccncc1. The highest BCUT2D eigenvalue weighted by atomic mass is 19.1. The highest BCUT2D eigenvalue weighted by molar-refractivity contribution is 5.98. The van der Waals surface area contributed by atoms with Gasteiger partial charge in [-0.25, -0.2) is 9.07 Å². The van der Waals surface area contributed by atoms with Crippen molar-refractivity contribution in [1.82, 2.24) is 30.3 Å². The number of hydrogen-bond donors (Lipinski definition) is 1. The van der Waals surface area contributed by atoms with Crippen LogP contribution in [0.3, 0.4) is 0 Å². The van der Waals surface area contributed by atoms with Gasteiger partial charge in [-0.15, -0.1) is 5.10 Å². The van der Waals surface area contributed by atoms with Crippen LogP contribution in [-0.4, -0.2) is 30.9 Å². The molecular weight excluding hydrogens is 359 g/mol. The van der Waals surface area contributed by atoms with Crippen LogP contribution in [-0.2, 0) is 6.54 Å². The standard InChI is InChI=1S/C20H15FN6O/c21-16-1-3-17(4-2-16)27-19(15-7-11-23-12-8-15)18(25-26-27)20(28)24-13-14-5-9-22-10-6-14/h1-12H,13H2,(H,24,28). The van der Waals surface area contributed by atoms with Gasteiger partial charge in [0.15, 0.2) is 5.69 Å². The third kappa shape index (κ3) is 3.61. The van der Waals surface area contributed by atoms with Crippen LogP contribution in [0.1, 0.15) is 16.1 Å². The molecule has 4 aromatic rings. The largest absolute Gasteiger partial charge is 0.346 e. The van der Waals surface area contributed by atoms with E-state index < -0.39 is 0 Å². The van der Waals surface area contributed by atoms with Gasteiger partial charge in [0.05, 0.1) is 5.69 Å². The Bertz CT molecular complexity index is 1080. The van der Waals surface area contributed by atoms with Crippen LogP contribution in [0.25, 0.3) is 16.9 Å². The molecule has 0 aliphatic carbocycles. The Morgan fingerprint density at radius 1 is 0.929 bits per heavy atom. The molecule has 1 amide bonds. The number of nitrogens with zero attached hydrogens (tertiary/aromatic N) is 5. The summed E-state index contributed by atoms with van der Waals surface area (Å²) in [5.41, 5.74) is 2.90. The minimum absolute atomic E-state index is 0.171. The van der Waals surface area contributed by atoms with E-state index in [0.717, 1.165) is 11.1 Å². The first-order valence-electron chi connectivity index (χ1n) is 8.51. The van der Waals surface area contributed by atoms with Gasteiger partial charge in [-0.3, -0.25) is 14.8 Å². The second kappa shape index (κ2) is 7.75. The molecular formula is C20H15FN6O. The molecule has 3 aromatic heterocycles. The Kier molecular flexibility index (Phi) is 4.83. The van der Waals surface area contributed by atoms with Crippen molar-refractivity contribution in [3.63, 3.8) is 0 Å². The van der Waals surface area contributed by atoms with E-state index in [4.69, 9.17) is 0 Å². The van der Waals surface area contributed by atoms with Crippen molar-refractivity contribution in [1.29, 1.82) is 0 Å². The molecule has 4 rings (SSSR count). The lowest BCUT2D eigenvalue weighted by molar-refractivity contribution is 0.0946. The summed E-state index contributed by atoms with van der Waals surface area (Å²) in [7, 11) is 0. The van der Waals surface area contributed by atoms with E-state index in [9.17, 15) is 9.18 Å². The van der Waals surface area contributed by atoms with Crippen molar-refractivity contribution in [2.45, 2.75) is 6.54 Å². The van der Waals surface area contributed by atoms with Gasteiger partial charge in [0.2, 0.25) is 0 Å². The summed E-state index contributed by atoms with van der Waals surface area (Å²) in [6, 6.07) is 13.0. The first-order chi connectivity index (χ1) is 13.7. The van der Waals surface area contributed by atoms with Crippen LogP contribution in [0.2, 0.25) is 0 Å². The summed E-state index contributed by atoms with van der Waals surface area (Å²) in [6.45, 7) is 0.334. The summed E-state index contributed by atoms with van der Waals surface area (Å²) in [5.74, 6) is -0.721. The maximum atomic E-state index is 13.3. The minimum atomic E-state index is -0.364. The molecule has 0 aliphatic heterocycles. The van der Waals surface area contributed by atoms with E-state index in [1.165, 1.54) is 16.8 Å². The smallest absolute Gasteiger partial charge is 0.274 e. The molecule has 0 unspecified atom stereocenters. The molecule has 3 heterocycles. The average molecular weight is 374 g/mol. The van der Waals surface area contributed by atoms with Crippen LogP contribution in [0.4, 0.5) is 4.39 Å². The summed E-state index contributed by atoms with van der Waals surface area (Å²) < 4.78 is 14.8. The Labute approximate surface area is 159 Å². The number of carbonyl (C=O) groups excluding carboxylic acids is 1. The summed E-state index contributed by atoms with van der Waals surface area (Å²) in [4.78, 5) is 20.8. The number of benzene rings is 1. The fraction of sp³-hybridized carbons (Fsp3) is 0.0500. The maximum absolute atomic E-state index is 13.3. The zero-order valence-corrected chi connectivity index (χ0v) is 14.7. The summed E-state index contributed by atoms with van der Waals surface area (Å²) >= 11 is 0. The van der Waals surface area contributed by atoms with Gasteiger partial charge in [0.25, 0.3) is 5.91 Å². The third-order valence-electron chi connectivity index (χ3n) is 4.11. The Balaban J connectivity index is 1.71. The number of aromatic nitrogens is 5. The number of pyridine rings is 2. The van der Waals surface area contributed by atoms with E-state index in [1.807, 2.05) is 12.1 Å². The van der Waals surface area contributed by atoms with Gasteiger partial charge < -0.3 is 5.32 Å². The van der Waals surface area contributed by atoms with Crippen molar-refractivity contribution in [2.24, 2.45) is 0 Å². The Hall–Kier alpha value is -3.94. The van der Waals surface area contributed by atoms with E-state index >= 15 is 0 Å². The summed E-state index contributed by atoms with van der Waals surface area (Å²) in [5, 5.41) is 11.0. The number of rotatable bonds is 5. The molecule has 8 heteroatoms. The van der Waals surface area contributed by atoms with E-state index in [0.29, 0.717) is 17.9 Å². The second-order valence-electron chi connectivity index (χ2n) is 5.95. The lowest BCUT2D eigenvalue weighted by Gasteiger charge is -2.09. The normalized spacial score (nSPS) is 10.6. The van der Waals surface area contributed by atoms with Crippen molar-refractivity contribution < 1.29 is 9.18 Å². The molecule has 0 spiro atoms. The molecule has 138 valence electrons. The van der Waals surface area contributed by atoms with Crippen molar-refractivity contribution in [3.05, 3.63) is 90.4 Å². The van der Waals surface area contributed by atoms with Crippen LogP contribution in [0.5, 0.6) is 0 Å². The monoisotopic (exact) mass is 374 g/mol. The zero-order valence-electron chi connectivity index (χ0n) is 14.7. The van der Waals surface area contributed by atoms with Crippen molar-refractivity contribution in [2.75, 3.05) is 0 Å². The third-order valence-corrected chi connectivity index (χ3v) is 4.11. The number of halogens is 1. The zero-order chi connectivity index (χ0) is 19.3. The first-order valence-corrected chi connectivity index (χ1v) is 8.51. The quantitative estimate of drug-likeness (QED) is 0.581. The predicted octanol–water partition coefficient (Wildman–Crippen LogP) is 2.79. The number of carbonyl (C=O) groups is 1. The lowest BCUT2D eigenvalue weighted by atomic mass is 10.1. The van der Waals surface area contributed by atoms with Crippen molar-refractivity contribution >= 4 is 5.91 Å². The molecule has 0 bridgehead atoms. The highest BCUT2D eigenvalue weighted by Gasteiger charge is 2.22. The van der Waals surface area contributed by atoms with Gasteiger partial charge in [-0.2, -0.15) is 0 Å². The number of amides is 1. The molecule has 0 atom stereocenters. The molecule has 0 aliphatic rings. The molecule has 1 aromatic carbocycles. The van der Waals surface area contributed by atoms with Gasteiger partial charge in [0, 0.05) is 36.9 Å².